The van der Waals surface area contributed by atoms with E-state index in [1.807, 2.05) is 0 Å². The number of carbonyl (C=O) groups excluding carboxylic acids is 1. The van der Waals surface area contributed by atoms with Crippen LogP contribution in [0.15, 0.2) is 6.07 Å². The fraction of sp³-hybridized carbons (Fsp3) is 0.400. The summed E-state index contributed by atoms with van der Waals surface area (Å²) in [7, 11) is 0. The van der Waals surface area contributed by atoms with Crippen molar-refractivity contribution in [2.75, 3.05) is 12.3 Å². The highest BCUT2D eigenvalue weighted by Crippen LogP contribution is 2.27. The molecule has 0 saturated carbocycles. The number of ether oxygens (including phenoxy) is 1. The minimum atomic E-state index is -2.82. The monoisotopic (exact) mass is 264 g/mol. The van der Waals surface area contributed by atoms with E-state index < -0.39 is 18.1 Å². The van der Waals surface area contributed by atoms with Gasteiger partial charge in [0.25, 0.3) is 6.43 Å². The summed E-state index contributed by atoms with van der Waals surface area (Å²) in [6.45, 7) is 1.81. The molecule has 0 aromatic carbocycles. The van der Waals surface area contributed by atoms with Crippen LogP contribution in [-0.4, -0.2) is 17.6 Å². The molecule has 0 atom stereocenters. The molecule has 0 spiro atoms. The number of hydrogen-bond acceptors (Lipinski definition) is 4. The molecule has 0 bridgehead atoms. The molecular formula is C10H11ClF2N2O2. The molecule has 1 aromatic heterocycles. The van der Waals surface area contributed by atoms with E-state index in [4.69, 9.17) is 17.3 Å². The van der Waals surface area contributed by atoms with Crippen molar-refractivity contribution in [3.8, 4) is 0 Å². The van der Waals surface area contributed by atoms with E-state index in [1.54, 1.807) is 6.92 Å². The highest BCUT2D eigenvalue weighted by atomic mass is 35.5. The molecule has 0 saturated heterocycles. The summed E-state index contributed by atoms with van der Waals surface area (Å²) in [5, 5.41) is -0.201. The van der Waals surface area contributed by atoms with Crippen molar-refractivity contribution in [1.82, 2.24) is 4.98 Å². The number of nitrogens with two attached hydrogens (primary N) is 1. The summed E-state index contributed by atoms with van der Waals surface area (Å²) in [6.07, 6.45) is -3.13. The third kappa shape index (κ3) is 3.52. The smallest absolute Gasteiger partial charge is 0.310 e. The average Bonchev–Trinajstić information content (AvgIpc) is 2.23. The number of aromatic nitrogens is 1. The minimum Gasteiger partial charge on any atom is -0.466 e. The van der Waals surface area contributed by atoms with Gasteiger partial charge in [-0.1, -0.05) is 11.6 Å². The molecule has 1 heterocycles. The van der Waals surface area contributed by atoms with Gasteiger partial charge < -0.3 is 10.5 Å². The van der Waals surface area contributed by atoms with Gasteiger partial charge in [-0.2, -0.15) is 0 Å². The second-order valence-electron chi connectivity index (χ2n) is 3.20. The molecular weight excluding hydrogens is 254 g/mol. The summed E-state index contributed by atoms with van der Waals surface area (Å²) in [4.78, 5) is 14.7. The minimum absolute atomic E-state index is 0.0281. The van der Waals surface area contributed by atoms with Crippen molar-refractivity contribution >= 4 is 23.3 Å². The number of rotatable bonds is 4. The van der Waals surface area contributed by atoms with Gasteiger partial charge in [-0.15, -0.1) is 0 Å². The second kappa shape index (κ2) is 5.77. The molecule has 0 aliphatic rings. The van der Waals surface area contributed by atoms with Crippen molar-refractivity contribution in [1.29, 1.82) is 0 Å². The first-order chi connectivity index (χ1) is 7.95. The van der Waals surface area contributed by atoms with Gasteiger partial charge in [0, 0.05) is 0 Å². The predicted molar refractivity (Wildman–Crippen MR) is 59.0 cm³/mol. The normalized spacial score (nSPS) is 10.6. The third-order valence-corrected chi connectivity index (χ3v) is 2.27. The molecule has 1 aromatic rings. The molecule has 0 radical (unpaired) electrons. The fourth-order valence-electron chi connectivity index (χ4n) is 1.26. The zero-order valence-corrected chi connectivity index (χ0v) is 9.80. The van der Waals surface area contributed by atoms with Crippen LogP contribution in [0.2, 0.25) is 5.15 Å². The van der Waals surface area contributed by atoms with Crippen molar-refractivity contribution in [3.63, 3.8) is 0 Å². The standard InChI is InChI=1S/C10H11ClF2N2O2/c1-2-17-7(16)4-5-3-6(14)9(11)15-8(5)10(12)13/h3,10H,2,4,14H2,1H3. The summed E-state index contributed by atoms with van der Waals surface area (Å²) in [5.41, 5.74) is 4.98. The van der Waals surface area contributed by atoms with Crippen LogP contribution in [0.5, 0.6) is 0 Å². The molecule has 7 heteroatoms. The topological polar surface area (TPSA) is 65.2 Å². The zero-order valence-electron chi connectivity index (χ0n) is 9.04. The van der Waals surface area contributed by atoms with Gasteiger partial charge in [0.1, 0.15) is 5.69 Å². The molecule has 17 heavy (non-hydrogen) atoms. The number of nitrogens with zero attached hydrogens (tertiary/aromatic N) is 1. The Morgan fingerprint density at radius 3 is 2.82 bits per heavy atom. The van der Waals surface area contributed by atoms with Crippen molar-refractivity contribution < 1.29 is 18.3 Å². The van der Waals surface area contributed by atoms with E-state index in [1.165, 1.54) is 6.07 Å². The van der Waals surface area contributed by atoms with E-state index in [0.29, 0.717) is 0 Å². The van der Waals surface area contributed by atoms with Gasteiger partial charge in [-0.05, 0) is 18.6 Å². The number of anilines is 1. The number of halogens is 3. The zero-order chi connectivity index (χ0) is 13.0. The Bertz CT molecular complexity index is 427. The molecule has 0 unspecified atom stereocenters. The SMILES string of the molecule is CCOC(=O)Cc1cc(N)c(Cl)nc1C(F)F. The van der Waals surface area contributed by atoms with Crippen LogP contribution in [0.4, 0.5) is 14.5 Å². The molecule has 0 amide bonds. The number of esters is 1. The van der Waals surface area contributed by atoms with Crippen LogP contribution in [0, 0.1) is 0 Å². The quantitative estimate of drug-likeness (QED) is 0.670. The Hall–Kier alpha value is -1.43. The summed E-state index contributed by atoms with van der Waals surface area (Å²) < 4.78 is 30.0. The number of nitrogen functional groups attached to an aromatic ring is 1. The van der Waals surface area contributed by atoms with Crippen LogP contribution in [0.25, 0.3) is 0 Å². The number of carbonyl (C=O) groups is 1. The Labute approximate surface area is 102 Å². The molecule has 4 nitrogen and oxygen atoms in total. The summed E-state index contributed by atoms with van der Waals surface area (Å²) in [6, 6.07) is 1.22. The average molecular weight is 265 g/mol. The van der Waals surface area contributed by atoms with E-state index in [-0.39, 0.29) is 29.4 Å². The Kier molecular flexibility index (Phi) is 4.62. The second-order valence-corrected chi connectivity index (χ2v) is 3.55. The predicted octanol–water partition coefficient (Wildman–Crippen LogP) is 2.36. The van der Waals surface area contributed by atoms with Crippen LogP contribution < -0.4 is 5.73 Å². The molecule has 0 aliphatic carbocycles. The Morgan fingerprint density at radius 2 is 2.29 bits per heavy atom. The van der Waals surface area contributed by atoms with Crippen LogP contribution in [-0.2, 0) is 16.0 Å². The molecule has 2 N–H and O–H groups in total. The molecule has 94 valence electrons. The van der Waals surface area contributed by atoms with Crippen molar-refractivity contribution in [2.45, 2.75) is 19.8 Å². The van der Waals surface area contributed by atoms with Gasteiger partial charge in [0.15, 0.2) is 5.15 Å². The van der Waals surface area contributed by atoms with E-state index in [0.717, 1.165) is 0 Å². The maximum Gasteiger partial charge on any atom is 0.310 e. The van der Waals surface area contributed by atoms with E-state index in [9.17, 15) is 13.6 Å². The first-order valence-corrected chi connectivity index (χ1v) is 5.22. The molecule has 1 rings (SSSR count). The summed E-state index contributed by atoms with van der Waals surface area (Å²) >= 11 is 5.54. The largest absolute Gasteiger partial charge is 0.466 e. The van der Waals surface area contributed by atoms with Gasteiger partial charge >= 0.3 is 5.97 Å². The van der Waals surface area contributed by atoms with Crippen molar-refractivity contribution in [3.05, 3.63) is 22.5 Å². The van der Waals surface area contributed by atoms with E-state index >= 15 is 0 Å². The maximum absolute atomic E-state index is 12.7. The highest BCUT2D eigenvalue weighted by molar-refractivity contribution is 6.31. The van der Waals surface area contributed by atoms with Crippen molar-refractivity contribution in [2.24, 2.45) is 0 Å². The number of alkyl halides is 2. The third-order valence-electron chi connectivity index (χ3n) is 1.96. The Balaban J connectivity index is 3.04. The number of pyridine rings is 1. The van der Waals surface area contributed by atoms with Gasteiger partial charge in [0.2, 0.25) is 0 Å². The lowest BCUT2D eigenvalue weighted by atomic mass is 10.1. The van der Waals surface area contributed by atoms with E-state index in [2.05, 4.69) is 9.72 Å². The summed E-state index contributed by atoms with van der Waals surface area (Å²) in [5.74, 6) is -0.613. The van der Waals surface area contributed by atoms with Gasteiger partial charge in [-0.25, -0.2) is 13.8 Å². The maximum atomic E-state index is 12.7. The molecule has 0 aliphatic heterocycles. The van der Waals surface area contributed by atoms with Crippen LogP contribution >= 0.6 is 11.6 Å². The van der Waals surface area contributed by atoms with Crippen LogP contribution in [0.3, 0.4) is 0 Å². The molecule has 0 fully saturated rings. The number of hydrogen-bond donors (Lipinski definition) is 1. The lowest BCUT2D eigenvalue weighted by Gasteiger charge is -2.09. The highest BCUT2D eigenvalue weighted by Gasteiger charge is 2.19. The van der Waals surface area contributed by atoms with Gasteiger partial charge in [0.05, 0.1) is 18.7 Å². The lowest BCUT2D eigenvalue weighted by Crippen LogP contribution is -2.11. The Morgan fingerprint density at radius 1 is 1.65 bits per heavy atom. The fourth-order valence-corrected chi connectivity index (χ4v) is 1.41. The lowest BCUT2D eigenvalue weighted by molar-refractivity contribution is -0.142. The van der Waals surface area contributed by atoms with Crippen LogP contribution in [0.1, 0.15) is 24.6 Å². The van der Waals surface area contributed by atoms with Gasteiger partial charge in [-0.3, -0.25) is 4.79 Å². The first kappa shape index (κ1) is 13.6. The first-order valence-electron chi connectivity index (χ1n) is 4.84.